The van der Waals surface area contributed by atoms with Crippen LogP contribution in [0.15, 0.2) is 218 Å². The molecule has 7 rings (SSSR count). The molecule has 0 heterocycles. The van der Waals surface area contributed by atoms with Crippen LogP contribution in [0.4, 0.5) is 5.69 Å². The molecule has 0 saturated carbocycles. The van der Waals surface area contributed by atoms with Crippen LogP contribution in [0, 0.1) is 6.92 Å². The maximum Gasteiger partial charge on any atom is 0.0397 e. The molecule has 6 aromatic rings. The zero-order valence-electron chi connectivity index (χ0n) is 36.5. The predicted molar refractivity (Wildman–Crippen MR) is 268 cm³/mol. The molecule has 1 aliphatic rings. The van der Waals surface area contributed by atoms with Crippen LogP contribution < -0.4 is 22.7 Å². The molecular formula is C57H64N4. The number of benzene rings is 6. The SMILES string of the molecule is C/C=C(\C=C/CC)CNc1cccc(-c2cccc(-c3cccc(Cc4ccccc4)c3)c2)c1.C=C/C(N)=C\C.Cc1cccc(-c2cccc(C3=CCCC=C3)c2)c1.NN. The highest BCUT2D eigenvalue weighted by Gasteiger charge is 2.06. The van der Waals surface area contributed by atoms with Crippen LogP contribution in [0.2, 0.25) is 0 Å². The smallest absolute Gasteiger partial charge is 0.0397 e. The van der Waals surface area contributed by atoms with Crippen molar-refractivity contribution >= 4 is 11.3 Å². The van der Waals surface area contributed by atoms with Crippen LogP contribution in [0.5, 0.6) is 0 Å². The van der Waals surface area contributed by atoms with E-state index in [2.05, 4.69) is 232 Å². The van der Waals surface area contributed by atoms with E-state index in [1.807, 2.05) is 6.92 Å². The minimum atomic E-state index is 0.731. The standard InChI is InChI=1S/C33H33N.C19H18.C5H9N.H4N2/c1-3-5-12-26(4-2)25-34-33-20-11-19-32(24-33)31-18-10-17-30(23-31)29-16-9-15-28(22-29)21-27-13-7-6-8-14-27;1-15-7-5-10-17(13-15)19-12-6-11-18(14-19)16-8-3-2-4-9-16;1-3-5(6)4-2;1-2/h4-20,22-24,34H,3,21,25H2,1-2H3;3,5-14H,2,4H2,1H3;3-4H,1,6H2,2H3;1-2H2/b12-5-,26-4+;;5-4+;. The summed E-state index contributed by atoms with van der Waals surface area (Å²) in [6, 6.07) is 54.6. The molecule has 0 unspecified atom stereocenters. The highest BCUT2D eigenvalue weighted by atomic mass is 15.0. The van der Waals surface area contributed by atoms with Crippen molar-refractivity contribution in [3.05, 3.63) is 240 Å². The number of hydrogen-bond acceptors (Lipinski definition) is 4. The predicted octanol–water partition coefficient (Wildman–Crippen LogP) is 14.2. The summed E-state index contributed by atoms with van der Waals surface area (Å²) < 4.78 is 0. The third kappa shape index (κ3) is 15.8. The minimum absolute atomic E-state index is 0.731. The summed E-state index contributed by atoms with van der Waals surface area (Å²) >= 11 is 0. The Labute approximate surface area is 366 Å². The van der Waals surface area contributed by atoms with Gasteiger partial charge in [0.05, 0.1) is 0 Å². The van der Waals surface area contributed by atoms with Crippen molar-refractivity contribution in [2.24, 2.45) is 17.4 Å². The van der Waals surface area contributed by atoms with Gasteiger partial charge in [0.2, 0.25) is 0 Å². The molecule has 0 fully saturated rings. The van der Waals surface area contributed by atoms with E-state index in [4.69, 9.17) is 5.73 Å². The van der Waals surface area contributed by atoms with Gasteiger partial charge in [0.15, 0.2) is 0 Å². The van der Waals surface area contributed by atoms with Gasteiger partial charge in [-0.05, 0) is 138 Å². The lowest BCUT2D eigenvalue weighted by molar-refractivity contribution is 1.04. The molecule has 1 aliphatic carbocycles. The van der Waals surface area contributed by atoms with E-state index in [-0.39, 0.29) is 0 Å². The molecule has 312 valence electrons. The fourth-order valence-corrected chi connectivity index (χ4v) is 6.76. The Kier molecular flexibility index (Phi) is 20.3. The second kappa shape index (κ2) is 26.4. The Morgan fingerprint density at radius 1 is 0.623 bits per heavy atom. The van der Waals surface area contributed by atoms with Gasteiger partial charge < -0.3 is 11.1 Å². The number of nitrogens with two attached hydrogens (primary N) is 3. The summed E-state index contributed by atoms with van der Waals surface area (Å²) in [6.45, 7) is 12.5. The molecule has 4 nitrogen and oxygen atoms in total. The topological polar surface area (TPSA) is 90.1 Å². The second-order valence-corrected chi connectivity index (χ2v) is 14.6. The van der Waals surface area contributed by atoms with E-state index in [0.29, 0.717) is 0 Å². The summed E-state index contributed by atoms with van der Waals surface area (Å²) in [5.41, 5.74) is 22.5. The molecule has 0 aromatic heterocycles. The normalized spacial score (nSPS) is 12.1. The first-order chi connectivity index (χ1) is 29.9. The zero-order chi connectivity index (χ0) is 43.7. The number of aryl methyl sites for hydroxylation is 1. The first-order valence-corrected chi connectivity index (χ1v) is 21.2. The average Bonchev–Trinajstić information content (AvgIpc) is 3.33. The number of hydrazine groups is 1. The Balaban J connectivity index is 0.000000253. The lowest BCUT2D eigenvalue weighted by atomic mass is 9.95. The van der Waals surface area contributed by atoms with Crippen molar-refractivity contribution in [3.63, 3.8) is 0 Å². The molecule has 61 heavy (non-hydrogen) atoms. The van der Waals surface area contributed by atoms with Gasteiger partial charge in [0.25, 0.3) is 0 Å². The Bertz CT molecular complexity index is 2410. The van der Waals surface area contributed by atoms with E-state index in [1.165, 1.54) is 73.2 Å². The van der Waals surface area contributed by atoms with Crippen LogP contribution in [-0.2, 0) is 6.42 Å². The van der Waals surface area contributed by atoms with Crippen molar-refractivity contribution < 1.29 is 0 Å². The molecule has 6 aromatic carbocycles. The van der Waals surface area contributed by atoms with E-state index in [0.717, 1.165) is 37.2 Å². The highest BCUT2D eigenvalue weighted by molar-refractivity contribution is 5.79. The average molecular weight is 805 g/mol. The van der Waals surface area contributed by atoms with Crippen molar-refractivity contribution in [1.29, 1.82) is 0 Å². The van der Waals surface area contributed by atoms with Gasteiger partial charge in [-0.2, -0.15) is 0 Å². The van der Waals surface area contributed by atoms with Crippen molar-refractivity contribution in [1.82, 2.24) is 0 Å². The van der Waals surface area contributed by atoms with Crippen molar-refractivity contribution in [3.8, 4) is 33.4 Å². The van der Waals surface area contributed by atoms with Crippen LogP contribution in [0.1, 0.15) is 62.3 Å². The molecule has 0 aliphatic heterocycles. The number of rotatable bonds is 12. The highest BCUT2D eigenvalue weighted by Crippen LogP contribution is 2.30. The second-order valence-electron chi connectivity index (χ2n) is 14.6. The summed E-state index contributed by atoms with van der Waals surface area (Å²) in [7, 11) is 0. The Hall–Kier alpha value is -6.72. The Morgan fingerprint density at radius 3 is 1.75 bits per heavy atom. The van der Waals surface area contributed by atoms with Gasteiger partial charge in [-0.1, -0.05) is 189 Å². The van der Waals surface area contributed by atoms with Crippen molar-refractivity contribution in [2.75, 3.05) is 11.9 Å². The number of anilines is 1. The van der Waals surface area contributed by atoms with Gasteiger partial charge in [0, 0.05) is 17.9 Å². The van der Waals surface area contributed by atoms with Crippen LogP contribution >= 0.6 is 0 Å². The quantitative estimate of drug-likeness (QED) is 0.0563. The third-order valence-corrected chi connectivity index (χ3v) is 10.1. The molecular weight excluding hydrogens is 741 g/mol. The third-order valence-electron chi connectivity index (χ3n) is 10.1. The lowest BCUT2D eigenvalue weighted by Crippen LogP contribution is -2.03. The number of allylic oxidation sites excluding steroid dienone is 8. The molecule has 4 heteroatoms. The van der Waals surface area contributed by atoms with Crippen LogP contribution in [0.25, 0.3) is 39.0 Å². The Morgan fingerprint density at radius 2 is 1.18 bits per heavy atom. The number of hydrogen-bond donors (Lipinski definition) is 4. The fourth-order valence-electron chi connectivity index (χ4n) is 6.76. The molecule has 0 bridgehead atoms. The van der Waals surface area contributed by atoms with Gasteiger partial charge >= 0.3 is 0 Å². The largest absolute Gasteiger partial charge is 0.399 e. The monoisotopic (exact) mass is 805 g/mol. The molecule has 0 saturated heterocycles. The summed E-state index contributed by atoms with van der Waals surface area (Å²) in [4.78, 5) is 0. The molecule has 0 atom stereocenters. The maximum atomic E-state index is 5.22. The summed E-state index contributed by atoms with van der Waals surface area (Å²) in [6.07, 6.45) is 21.1. The van der Waals surface area contributed by atoms with Gasteiger partial charge in [-0.3, -0.25) is 11.7 Å². The van der Waals surface area contributed by atoms with Gasteiger partial charge in [-0.15, -0.1) is 0 Å². The summed E-state index contributed by atoms with van der Waals surface area (Å²) in [5, 5.41) is 3.57. The minimum Gasteiger partial charge on any atom is -0.399 e. The molecule has 0 spiro atoms. The molecule has 0 amide bonds. The first-order valence-electron chi connectivity index (χ1n) is 21.2. The van der Waals surface area contributed by atoms with Gasteiger partial charge in [-0.25, -0.2) is 0 Å². The fraction of sp³-hybridized carbons (Fsp3) is 0.158. The van der Waals surface area contributed by atoms with E-state index >= 15 is 0 Å². The number of nitrogens with one attached hydrogen (secondary N) is 1. The van der Waals surface area contributed by atoms with E-state index < -0.39 is 0 Å². The van der Waals surface area contributed by atoms with Crippen LogP contribution in [0.3, 0.4) is 0 Å². The van der Waals surface area contributed by atoms with E-state index in [9.17, 15) is 0 Å². The maximum absolute atomic E-state index is 5.22. The first kappa shape index (κ1) is 47.0. The summed E-state index contributed by atoms with van der Waals surface area (Å²) in [5.74, 6) is 8.00. The van der Waals surface area contributed by atoms with Crippen LogP contribution in [-0.4, -0.2) is 6.54 Å². The van der Waals surface area contributed by atoms with Crippen molar-refractivity contribution in [2.45, 2.75) is 53.4 Å². The molecule has 7 N–H and O–H groups in total. The molecule has 0 radical (unpaired) electrons. The van der Waals surface area contributed by atoms with Gasteiger partial charge in [0.1, 0.15) is 0 Å². The van der Waals surface area contributed by atoms with E-state index in [1.54, 1.807) is 12.2 Å². The zero-order valence-corrected chi connectivity index (χ0v) is 36.5. The lowest BCUT2D eigenvalue weighted by Gasteiger charge is -2.11.